The molecular formula is C12H5BrF2N2O2S. The van der Waals surface area contributed by atoms with Crippen LogP contribution in [0.2, 0.25) is 0 Å². The molecule has 4 nitrogen and oxygen atoms in total. The van der Waals surface area contributed by atoms with E-state index < -0.39 is 21.7 Å². The summed E-state index contributed by atoms with van der Waals surface area (Å²) in [6.45, 7) is 0. The molecule has 1 aromatic carbocycles. The smallest absolute Gasteiger partial charge is 0.358 e. The fourth-order valence-electron chi connectivity index (χ4n) is 1.46. The monoisotopic (exact) mass is 358 g/mol. The molecule has 2 rings (SSSR count). The van der Waals surface area contributed by atoms with E-state index in [0.29, 0.717) is 10.1 Å². The van der Waals surface area contributed by atoms with Gasteiger partial charge >= 0.3 is 4.83 Å². The number of nitrogens with zero attached hydrogens (tertiary/aromatic N) is 2. The summed E-state index contributed by atoms with van der Waals surface area (Å²) in [4.78, 5) is 11.6. The van der Waals surface area contributed by atoms with Gasteiger partial charge in [0.15, 0.2) is 5.76 Å². The lowest BCUT2D eigenvalue weighted by atomic mass is 10.2. The van der Waals surface area contributed by atoms with Gasteiger partial charge in [-0.05, 0) is 28.1 Å². The molecule has 8 heteroatoms. The minimum Gasteiger partial charge on any atom is -0.505 e. The molecular weight excluding hydrogens is 354 g/mol. The SMILES string of the molecule is N#CC(=C(O)C(F)(F)Br)c1nc(=O)c2ccccc2s1. The van der Waals surface area contributed by atoms with Crippen LogP contribution in [-0.4, -0.2) is 14.9 Å². The van der Waals surface area contributed by atoms with Crippen molar-refractivity contribution in [2.24, 2.45) is 0 Å². The van der Waals surface area contributed by atoms with Gasteiger partial charge in [-0.25, -0.2) is 0 Å². The lowest BCUT2D eigenvalue weighted by Gasteiger charge is -2.09. The molecule has 1 heterocycles. The summed E-state index contributed by atoms with van der Waals surface area (Å²) in [7, 11) is 0. The van der Waals surface area contributed by atoms with E-state index in [1.165, 1.54) is 6.07 Å². The highest BCUT2D eigenvalue weighted by Gasteiger charge is 2.34. The van der Waals surface area contributed by atoms with Gasteiger partial charge in [-0.15, -0.1) is 11.3 Å². The van der Waals surface area contributed by atoms with Crippen molar-refractivity contribution >= 4 is 42.9 Å². The van der Waals surface area contributed by atoms with E-state index in [-0.39, 0.29) is 5.01 Å². The topological polar surface area (TPSA) is 74.0 Å². The molecule has 0 atom stereocenters. The van der Waals surface area contributed by atoms with Crippen molar-refractivity contribution in [2.45, 2.75) is 4.83 Å². The molecule has 0 bridgehead atoms. The molecule has 2 aromatic rings. The van der Waals surface area contributed by atoms with Crippen LogP contribution in [0.1, 0.15) is 5.01 Å². The number of hydrogen-bond acceptors (Lipinski definition) is 5. The number of aliphatic hydroxyl groups is 1. The lowest BCUT2D eigenvalue weighted by Crippen LogP contribution is -2.13. The van der Waals surface area contributed by atoms with Crippen molar-refractivity contribution in [1.29, 1.82) is 5.26 Å². The zero-order valence-electron chi connectivity index (χ0n) is 9.60. The third-order valence-electron chi connectivity index (χ3n) is 2.36. The van der Waals surface area contributed by atoms with Gasteiger partial charge in [0.05, 0.1) is 5.39 Å². The predicted octanol–water partition coefficient (Wildman–Crippen LogP) is 3.44. The van der Waals surface area contributed by atoms with E-state index in [1.54, 1.807) is 24.3 Å². The highest BCUT2D eigenvalue weighted by atomic mass is 79.9. The van der Waals surface area contributed by atoms with Crippen LogP contribution < -0.4 is 5.56 Å². The van der Waals surface area contributed by atoms with E-state index in [9.17, 15) is 18.7 Å². The third-order valence-corrected chi connectivity index (χ3v) is 3.80. The Labute approximate surface area is 123 Å². The number of alkyl halides is 3. The van der Waals surface area contributed by atoms with Crippen LogP contribution in [-0.2, 0) is 0 Å². The molecule has 0 spiro atoms. The molecule has 0 aliphatic rings. The molecule has 0 saturated carbocycles. The van der Waals surface area contributed by atoms with Gasteiger partial charge < -0.3 is 5.11 Å². The van der Waals surface area contributed by atoms with Crippen molar-refractivity contribution in [3.63, 3.8) is 0 Å². The minimum atomic E-state index is -3.76. The maximum atomic E-state index is 13.0. The van der Waals surface area contributed by atoms with E-state index in [4.69, 9.17) is 5.26 Å². The number of aromatic nitrogens is 1. The molecule has 0 saturated heterocycles. The van der Waals surface area contributed by atoms with Crippen LogP contribution in [0, 0.1) is 11.3 Å². The summed E-state index contributed by atoms with van der Waals surface area (Å²) in [5.41, 5.74) is -1.38. The second-order valence-electron chi connectivity index (χ2n) is 3.65. The molecule has 0 aliphatic carbocycles. The first kappa shape index (κ1) is 14.6. The Morgan fingerprint density at radius 1 is 1.45 bits per heavy atom. The van der Waals surface area contributed by atoms with Gasteiger partial charge in [0.1, 0.15) is 16.6 Å². The van der Waals surface area contributed by atoms with Crippen LogP contribution in [0.5, 0.6) is 0 Å². The highest BCUT2D eigenvalue weighted by Crippen LogP contribution is 2.35. The standard InChI is InChI=1S/C12H5BrF2N2O2S/c13-12(14,15)9(18)7(5-16)11-17-10(19)6-3-1-2-4-8(6)20-11/h1-4,18H. The number of benzene rings is 1. The normalized spacial score (nSPS) is 12.9. The van der Waals surface area contributed by atoms with Crippen LogP contribution in [0.4, 0.5) is 8.78 Å². The van der Waals surface area contributed by atoms with Crippen LogP contribution >= 0.6 is 27.3 Å². The van der Waals surface area contributed by atoms with E-state index in [0.717, 1.165) is 11.3 Å². The van der Waals surface area contributed by atoms with Crippen molar-refractivity contribution in [1.82, 2.24) is 4.98 Å². The molecule has 0 fully saturated rings. The molecule has 0 aliphatic heterocycles. The van der Waals surface area contributed by atoms with Crippen LogP contribution in [0.25, 0.3) is 15.7 Å². The fraction of sp³-hybridized carbons (Fsp3) is 0.0833. The third kappa shape index (κ3) is 2.69. The molecule has 1 N–H and O–H groups in total. The van der Waals surface area contributed by atoms with Crippen LogP contribution in [0.15, 0.2) is 34.8 Å². The summed E-state index contributed by atoms with van der Waals surface area (Å²) in [5, 5.41) is 18.4. The Hall–Kier alpha value is -1.85. The van der Waals surface area contributed by atoms with Gasteiger partial charge in [-0.2, -0.15) is 19.0 Å². The maximum Gasteiger partial charge on any atom is 0.358 e. The van der Waals surface area contributed by atoms with E-state index >= 15 is 0 Å². The first-order chi connectivity index (χ1) is 9.34. The van der Waals surface area contributed by atoms with E-state index in [1.807, 2.05) is 15.9 Å². The summed E-state index contributed by atoms with van der Waals surface area (Å²) in [6.07, 6.45) is 0. The Kier molecular flexibility index (Phi) is 3.83. The number of allylic oxidation sites excluding steroid dienone is 2. The summed E-state index contributed by atoms with van der Waals surface area (Å²) < 4.78 is 26.5. The Morgan fingerprint density at radius 3 is 2.70 bits per heavy atom. The molecule has 0 radical (unpaired) electrons. The van der Waals surface area contributed by atoms with Crippen molar-refractivity contribution in [3.05, 3.63) is 45.4 Å². The Morgan fingerprint density at radius 2 is 2.10 bits per heavy atom. The average Bonchev–Trinajstić information content (AvgIpc) is 2.38. The second kappa shape index (κ2) is 5.26. The number of aliphatic hydroxyl groups excluding tert-OH is 1. The second-order valence-corrected chi connectivity index (χ2v) is 5.68. The zero-order valence-corrected chi connectivity index (χ0v) is 12.0. The van der Waals surface area contributed by atoms with Crippen molar-refractivity contribution in [2.75, 3.05) is 0 Å². The molecule has 0 unspecified atom stereocenters. The molecule has 20 heavy (non-hydrogen) atoms. The average molecular weight is 359 g/mol. The zero-order chi connectivity index (χ0) is 14.9. The maximum absolute atomic E-state index is 13.0. The van der Waals surface area contributed by atoms with Gasteiger partial charge in [0, 0.05) is 4.70 Å². The molecule has 0 amide bonds. The van der Waals surface area contributed by atoms with Gasteiger partial charge in [0.2, 0.25) is 0 Å². The summed E-state index contributed by atoms with van der Waals surface area (Å²) in [5.74, 6) is -1.47. The van der Waals surface area contributed by atoms with Crippen LogP contribution in [0.3, 0.4) is 0 Å². The fourth-order valence-corrected chi connectivity index (χ4v) is 2.65. The highest BCUT2D eigenvalue weighted by molar-refractivity contribution is 9.10. The molecule has 1 aromatic heterocycles. The Balaban J connectivity index is 2.76. The number of halogens is 3. The summed E-state index contributed by atoms with van der Waals surface area (Å²) in [6, 6.07) is 7.89. The molecule has 102 valence electrons. The van der Waals surface area contributed by atoms with E-state index in [2.05, 4.69) is 4.98 Å². The van der Waals surface area contributed by atoms with Gasteiger partial charge in [-0.1, -0.05) is 12.1 Å². The lowest BCUT2D eigenvalue weighted by molar-refractivity contribution is 0.102. The first-order valence-corrected chi connectivity index (χ1v) is 6.76. The minimum absolute atomic E-state index is 0.257. The number of rotatable bonds is 2. The number of nitriles is 1. The van der Waals surface area contributed by atoms with Crippen molar-refractivity contribution < 1.29 is 13.9 Å². The van der Waals surface area contributed by atoms with Gasteiger partial charge in [-0.3, -0.25) is 4.79 Å². The van der Waals surface area contributed by atoms with Crippen molar-refractivity contribution in [3.8, 4) is 6.07 Å². The number of hydrogen-bond donors (Lipinski definition) is 1. The quantitative estimate of drug-likeness (QED) is 0.507. The van der Waals surface area contributed by atoms with Gasteiger partial charge in [0.25, 0.3) is 5.56 Å². The summed E-state index contributed by atoms with van der Waals surface area (Å²) >= 11 is 2.83. The largest absolute Gasteiger partial charge is 0.505 e. The number of fused-ring (bicyclic) bond motifs is 1. The first-order valence-electron chi connectivity index (χ1n) is 5.15. The predicted molar refractivity (Wildman–Crippen MR) is 74.9 cm³/mol. The Bertz CT molecular complexity index is 805.